The molecule has 1 aliphatic rings. The van der Waals surface area contributed by atoms with Gasteiger partial charge in [-0.1, -0.05) is 65.3 Å². The molecule has 2 heterocycles. The number of rotatable bonds is 7. The van der Waals surface area contributed by atoms with Gasteiger partial charge in [0.2, 0.25) is 5.91 Å². The number of carbonyl (C=O) groups is 2. The molecule has 0 aliphatic carbocycles. The predicted octanol–water partition coefficient (Wildman–Crippen LogP) is 3.16. The maximum Gasteiger partial charge on any atom is 0.273 e. The summed E-state index contributed by atoms with van der Waals surface area (Å²) in [6, 6.07) is 19.7. The van der Waals surface area contributed by atoms with Crippen LogP contribution in [0.15, 0.2) is 65.2 Å². The number of likely N-dealkylation sites (tertiary alicyclic amines) is 1. The summed E-state index contributed by atoms with van der Waals surface area (Å²) in [5, 5.41) is 9.45. The first kappa shape index (κ1) is 21.8. The number of nitrogens with zero attached hydrogens (tertiary/aromatic N) is 2. The number of amides is 2. The summed E-state index contributed by atoms with van der Waals surface area (Å²) in [5.74, 6) is -0.112. The monoisotopic (exact) mass is 432 g/mol. The number of hydrogen-bond donors (Lipinski definition) is 2. The molecule has 0 atom stereocenters. The number of hydrogen-bond acceptors (Lipinski definition) is 5. The van der Waals surface area contributed by atoms with Crippen LogP contribution >= 0.6 is 0 Å². The van der Waals surface area contributed by atoms with Gasteiger partial charge in [0.15, 0.2) is 11.5 Å². The smallest absolute Gasteiger partial charge is 0.273 e. The quantitative estimate of drug-likeness (QED) is 0.599. The van der Waals surface area contributed by atoms with Gasteiger partial charge in [-0.3, -0.25) is 14.5 Å². The summed E-state index contributed by atoms with van der Waals surface area (Å²) in [5.41, 5.74) is 3.58. The summed E-state index contributed by atoms with van der Waals surface area (Å²) in [4.78, 5) is 27.0. The first-order valence-electron chi connectivity index (χ1n) is 10.9. The topological polar surface area (TPSA) is 87.5 Å². The number of aromatic nitrogens is 1. The molecule has 3 aromatic rings. The highest BCUT2D eigenvalue weighted by molar-refractivity contribution is 5.95. The van der Waals surface area contributed by atoms with Gasteiger partial charge in [-0.25, -0.2) is 0 Å². The Hall–Kier alpha value is -3.45. The van der Waals surface area contributed by atoms with Gasteiger partial charge in [-0.2, -0.15) is 0 Å². The first-order valence-corrected chi connectivity index (χ1v) is 10.9. The van der Waals surface area contributed by atoms with Crippen molar-refractivity contribution in [3.05, 3.63) is 77.5 Å². The lowest BCUT2D eigenvalue weighted by atomic mass is 10.0. The van der Waals surface area contributed by atoms with E-state index in [1.54, 1.807) is 6.07 Å². The van der Waals surface area contributed by atoms with Crippen LogP contribution in [0.2, 0.25) is 0 Å². The van der Waals surface area contributed by atoms with Gasteiger partial charge < -0.3 is 15.2 Å². The van der Waals surface area contributed by atoms with Crippen molar-refractivity contribution >= 4 is 11.8 Å². The van der Waals surface area contributed by atoms with Crippen LogP contribution in [0, 0.1) is 6.92 Å². The van der Waals surface area contributed by atoms with E-state index in [-0.39, 0.29) is 24.2 Å². The van der Waals surface area contributed by atoms with Crippen molar-refractivity contribution < 1.29 is 14.1 Å². The fourth-order valence-electron chi connectivity index (χ4n) is 3.95. The Kier molecular flexibility index (Phi) is 6.97. The highest BCUT2D eigenvalue weighted by Gasteiger charge is 2.21. The maximum atomic E-state index is 12.3. The van der Waals surface area contributed by atoms with Crippen molar-refractivity contribution in [3.8, 4) is 11.3 Å². The molecule has 4 rings (SSSR count). The van der Waals surface area contributed by atoms with Crippen molar-refractivity contribution in [2.45, 2.75) is 32.4 Å². The van der Waals surface area contributed by atoms with Crippen LogP contribution in [0.4, 0.5) is 0 Å². The summed E-state index contributed by atoms with van der Waals surface area (Å²) in [7, 11) is 0. The van der Waals surface area contributed by atoms with E-state index in [9.17, 15) is 9.59 Å². The lowest BCUT2D eigenvalue weighted by molar-refractivity contribution is -0.121. The molecule has 2 N–H and O–H groups in total. The Bertz CT molecular complexity index is 1060. The molecule has 0 spiro atoms. The zero-order chi connectivity index (χ0) is 22.3. The van der Waals surface area contributed by atoms with Gasteiger partial charge in [0.1, 0.15) is 0 Å². The molecule has 2 aromatic carbocycles. The maximum absolute atomic E-state index is 12.3. The van der Waals surface area contributed by atoms with Gasteiger partial charge in [-0.05, 0) is 25.3 Å². The predicted molar refractivity (Wildman–Crippen MR) is 122 cm³/mol. The van der Waals surface area contributed by atoms with Crippen LogP contribution < -0.4 is 10.6 Å². The largest absolute Gasteiger partial charge is 0.355 e. The van der Waals surface area contributed by atoms with Crippen molar-refractivity contribution in [3.63, 3.8) is 0 Å². The van der Waals surface area contributed by atoms with Gasteiger partial charge >= 0.3 is 0 Å². The molecule has 7 nitrogen and oxygen atoms in total. The summed E-state index contributed by atoms with van der Waals surface area (Å²) in [6.45, 7) is 4.82. The van der Waals surface area contributed by atoms with Crippen LogP contribution in [-0.4, -0.2) is 47.5 Å². The molecule has 1 fully saturated rings. The summed E-state index contributed by atoms with van der Waals surface area (Å²) < 4.78 is 5.24. The molecule has 0 bridgehead atoms. The van der Waals surface area contributed by atoms with Crippen LogP contribution in [0.25, 0.3) is 11.3 Å². The second-order valence-corrected chi connectivity index (χ2v) is 8.23. The lowest BCUT2D eigenvalue weighted by Crippen LogP contribution is -2.47. The first-order chi connectivity index (χ1) is 15.6. The van der Waals surface area contributed by atoms with Crippen molar-refractivity contribution in [1.82, 2.24) is 20.7 Å². The van der Waals surface area contributed by atoms with E-state index in [0.29, 0.717) is 5.76 Å². The SMILES string of the molecule is Cc1cccc(CN2CCC(NC(=O)CNC(=O)c3cc(-c4ccccc4)on3)CC2)c1. The number of carbonyl (C=O) groups excluding carboxylic acids is 2. The van der Waals surface area contributed by atoms with Gasteiger partial charge in [-0.15, -0.1) is 0 Å². The molecule has 2 amide bonds. The normalized spacial score (nSPS) is 14.8. The van der Waals surface area contributed by atoms with E-state index in [1.165, 1.54) is 11.1 Å². The zero-order valence-corrected chi connectivity index (χ0v) is 18.2. The van der Waals surface area contributed by atoms with Crippen molar-refractivity contribution in [1.29, 1.82) is 0 Å². The Balaban J connectivity index is 1.19. The number of benzene rings is 2. The van der Waals surface area contributed by atoms with Gasteiger partial charge in [0.25, 0.3) is 5.91 Å². The molecule has 1 saturated heterocycles. The molecular weight excluding hydrogens is 404 g/mol. The van der Waals surface area contributed by atoms with Crippen molar-refractivity contribution in [2.24, 2.45) is 0 Å². The van der Waals surface area contributed by atoms with E-state index < -0.39 is 5.91 Å². The minimum Gasteiger partial charge on any atom is -0.355 e. The molecule has 1 aliphatic heterocycles. The van der Waals surface area contributed by atoms with E-state index >= 15 is 0 Å². The molecule has 7 heteroatoms. The zero-order valence-electron chi connectivity index (χ0n) is 18.2. The summed E-state index contributed by atoms with van der Waals surface area (Å²) >= 11 is 0. The average molecular weight is 433 g/mol. The second kappa shape index (κ2) is 10.2. The molecule has 0 saturated carbocycles. The molecule has 166 valence electrons. The molecular formula is C25H28N4O3. The van der Waals surface area contributed by atoms with Gasteiger partial charge in [0, 0.05) is 37.3 Å². The Labute approximate surface area is 187 Å². The van der Waals surface area contributed by atoms with E-state index in [0.717, 1.165) is 38.0 Å². The van der Waals surface area contributed by atoms with E-state index in [1.807, 2.05) is 30.3 Å². The van der Waals surface area contributed by atoms with Crippen LogP contribution in [0.1, 0.15) is 34.5 Å². The van der Waals surface area contributed by atoms with Crippen LogP contribution in [0.3, 0.4) is 0 Å². The lowest BCUT2D eigenvalue weighted by Gasteiger charge is -2.32. The van der Waals surface area contributed by atoms with Crippen LogP contribution in [-0.2, 0) is 11.3 Å². The minimum atomic E-state index is -0.431. The second-order valence-electron chi connectivity index (χ2n) is 8.23. The van der Waals surface area contributed by atoms with Gasteiger partial charge in [0.05, 0.1) is 6.54 Å². The standard InChI is InChI=1S/C25H28N4O3/c1-18-6-5-7-19(14-18)17-29-12-10-21(11-13-29)27-24(30)16-26-25(31)22-15-23(32-28-22)20-8-3-2-4-9-20/h2-9,14-15,21H,10-13,16-17H2,1H3,(H,26,31)(H,27,30). The number of piperidine rings is 1. The fraction of sp³-hybridized carbons (Fsp3) is 0.320. The fourth-order valence-corrected chi connectivity index (χ4v) is 3.95. The molecule has 0 radical (unpaired) electrons. The Morgan fingerprint density at radius 1 is 1.06 bits per heavy atom. The van der Waals surface area contributed by atoms with E-state index in [4.69, 9.17) is 4.52 Å². The third-order valence-corrected chi connectivity index (χ3v) is 5.65. The Morgan fingerprint density at radius 3 is 2.59 bits per heavy atom. The highest BCUT2D eigenvalue weighted by atomic mass is 16.5. The summed E-state index contributed by atoms with van der Waals surface area (Å²) in [6.07, 6.45) is 1.80. The number of aryl methyl sites for hydroxylation is 1. The van der Waals surface area contributed by atoms with Crippen molar-refractivity contribution in [2.75, 3.05) is 19.6 Å². The molecule has 1 aromatic heterocycles. The highest BCUT2D eigenvalue weighted by Crippen LogP contribution is 2.19. The third kappa shape index (κ3) is 5.82. The van der Waals surface area contributed by atoms with Crippen LogP contribution in [0.5, 0.6) is 0 Å². The molecule has 0 unspecified atom stereocenters. The number of nitrogens with one attached hydrogen (secondary N) is 2. The minimum absolute atomic E-state index is 0.0874. The average Bonchev–Trinajstić information content (AvgIpc) is 3.30. The van der Waals surface area contributed by atoms with E-state index in [2.05, 4.69) is 51.9 Å². The third-order valence-electron chi connectivity index (χ3n) is 5.65. The molecule has 32 heavy (non-hydrogen) atoms. The Morgan fingerprint density at radius 2 is 1.84 bits per heavy atom.